The van der Waals surface area contributed by atoms with Gasteiger partial charge >= 0.3 is 0 Å². The zero-order valence-electron chi connectivity index (χ0n) is 9.44. The fourth-order valence-electron chi connectivity index (χ4n) is 1.57. The molecule has 0 saturated carbocycles. The average Bonchev–Trinajstić information content (AvgIpc) is 2.21. The second-order valence-corrected chi connectivity index (χ2v) is 4.63. The summed E-state index contributed by atoms with van der Waals surface area (Å²) in [6.45, 7) is 3.84. The van der Waals surface area contributed by atoms with Gasteiger partial charge in [0.2, 0.25) is 0 Å². The number of hydrogen-bond acceptors (Lipinski definition) is 3. The van der Waals surface area contributed by atoms with Gasteiger partial charge in [-0.05, 0) is 47.6 Å². The summed E-state index contributed by atoms with van der Waals surface area (Å²) < 4.78 is 0.527. The highest BCUT2D eigenvalue weighted by Gasteiger charge is 2.12. The number of hydrogen-bond donors (Lipinski definition) is 0. The van der Waals surface area contributed by atoms with Crippen LogP contribution in [0.4, 0.5) is 5.69 Å². The maximum absolute atomic E-state index is 10.7. The largest absolute Gasteiger partial charge is 0.302 e. The van der Waals surface area contributed by atoms with Gasteiger partial charge in [-0.25, -0.2) is 0 Å². The van der Waals surface area contributed by atoms with E-state index < -0.39 is 0 Å². The first kappa shape index (κ1) is 13.1. The monoisotopic (exact) mass is 286 g/mol. The van der Waals surface area contributed by atoms with Crippen molar-refractivity contribution in [2.45, 2.75) is 19.9 Å². The molecule has 0 amide bonds. The standard InChI is InChI=1S/C11H15BrN2O2/c1-3-6-13(2)8-9-4-5-10(12)11(7-9)14(15)16/h4-5,7H,3,6,8H2,1-2H3. The van der Waals surface area contributed by atoms with E-state index in [-0.39, 0.29) is 10.6 Å². The minimum absolute atomic E-state index is 0.127. The molecular weight excluding hydrogens is 272 g/mol. The molecule has 5 heteroatoms. The molecule has 0 aliphatic rings. The fraction of sp³-hybridized carbons (Fsp3) is 0.455. The first-order valence-corrected chi connectivity index (χ1v) is 5.95. The Labute approximate surface area is 104 Å². The van der Waals surface area contributed by atoms with E-state index in [2.05, 4.69) is 27.8 Å². The highest BCUT2D eigenvalue weighted by molar-refractivity contribution is 9.10. The molecule has 0 atom stereocenters. The third-order valence-corrected chi connectivity index (χ3v) is 2.94. The molecule has 0 heterocycles. The van der Waals surface area contributed by atoms with Gasteiger partial charge in [-0.1, -0.05) is 13.0 Å². The zero-order valence-corrected chi connectivity index (χ0v) is 11.0. The molecule has 88 valence electrons. The van der Waals surface area contributed by atoms with Gasteiger partial charge in [0.05, 0.1) is 9.40 Å². The molecule has 0 bridgehead atoms. The number of halogens is 1. The number of nitro groups is 1. The van der Waals surface area contributed by atoms with Crippen molar-refractivity contribution in [3.8, 4) is 0 Å². The predicted molar refractivity (Wildman–Crippen MR) is 67.4 cm³/mol. The third kappa shape index (κ3) is 3.57. The lowest BCUT2D eigenvalue weighted by molar-refractivity contribution is -0.385. The van der Waals surface area contributed by atoms with Crippen molar-refractivity contribution in [3.63, 3.8) is 0 Å². The van der Waals surface area contributed by atoms with Crippen molar-refractivity contribution in [2.24, 2.45) is 0 Å². The van der Waals surface area contributed by atoms with Crippen LogP contribution in [0.25, 0.3) is 0 Å². The van der Waals surface area contributed by atoms with Crippen molar-refractivity contribution in [2.75, 3.05) is 13.6 Å². The van der Waals surface area contributed by atoms with E-state index in [0.29, 0.717) is 4.47 Å². The molecule has 1 aromatic carbocycles. The molecule has 0 fully saturated rings. The topological polar surface area (TPSA) is 46.4 Å². The quantitative estimate of drug-likeness (QED) is 0.617. The van der Waals surface area contributed by atoms with Gasteiger partial charge in [-0.3, -0.25) is 10.1 Å². The molecule has 4 nitrogen and oxygen atoms in total. The molecule has 0 aromatic heterocycles. The Morgan fingerprint density at radius 1 is 1.50 bits per heavy atom. The summed E-state index contributed by atoms with van der Waals surface area (Å²) in [5.74, 6) is 0. The number of rotatable bonds is 5. The van der Waals surface area contributed by atoms with Crippen LogP contribution in [0.5, 0.6) is 0 Å². The molecule has 0 radical (unpaired) electrons. The van der Waals surface area contributed by atoms with Gasteiger partial charge in [0.25, 0.3) is 5.69 Å². The van der Waals surface area contributed by atoms with Gasteiger partial charge in [0.1, 0.15) is 0 Å². The Hall–Kier alpha value is -0.940. The average molecular weight is 287 g/mol. The minimum atomic E-state index is -0.368. The first-order valence-electron chi connectivity index (χ1n) is 5.16. The smallest absolute Gasteiger partial charge is 0.283 e. The van der Waals surface area contributed by atoms with E-state index in [9.17, 15) is 10.1 Å². The summed E-state index contributed by atoms with van der Waals surface area (Å²) in [6, 6.07) is 5.26. The minimum Gasteiger partial charge on any atom is -0.302 e. The van der Waals surface area contributed by atoms with Gasteiger partial charge in [-0.15, -0.1) is 0 Å². The van der Waals surface area contributed by atoms with Crippen LogP contribution >= 0.6 is 15.9 Å². The van der Waals surface area contributed by atoms with Crippen molar-refractivity contribution < 1.29 is 4.92 Å². The van der Waals surface area contributed by atoms with E-state index in [4.69, 9.17) is 0 Å². The molecule has 0 aliphatic heterocycles. The first-order chi connectivity index (χ1) is 7.54. The summed E-state index contributed by atoms with van der Waals surface area (Å²) in [7, 11) is 2.01. The fourth-order valence-corrected chi connectivity index (χ4v) is 1.96. The maximum Gasteiger partial charge on any atom is 0.283 e. The van der Waals surface area contributed by atoms with E-state index in [1.165, 1.54) is 0 Å². The van der Waals surface area contributed by atoms with Crippen molar-refractivity contribution >= 4 is 21.6 Å². The van der Waals surface area contributed by atoms with Gasteiger partial charge in [0.15, 0.2) is 0 Å². The summed E-state index contributed by atoms with van der Waals surface area (Å²) in [5.41, 5.74) is 1.09. The van der Waals surface area contributed by atoms with Crippen LogP contribution in [0, 0.1) is 10.1 Å². The molecule has 0 spiro atoms. The predicted octanol–water partition coefficient (Wildman–Crippen LogP) is 3.20. The Morgan fingerprint density at radius 3 is 2.75 bits per heavy atom. The summed E-state index contributed by atoms with van der Waals surface area (Å²) in [6.07, 6.45) is 1.08. The highest BCUT2D eigenvalue weighted by atomic mass is 79.9. The van der Waals surface area contributed by atoms with Crippen molar-refractivity contribution in [1.29, 1.82) is 0 Å². The lowest BCUT2D eigenvalue weighted by Gasteiger charge is -2.15. The second kappa shape index (κ2) is 5.96. The molecule has 16 heavy (non-hydrogen) atoms. The highest BCUT2D eigenvalue weighted by Crippen LogP contribution is 2.25. The number of benzene rings is 1. The van der Waals surface area contributed by atoms with Crippen molar-refractivity contribution in [3.05, 3.63) is 38.3 Å². The Balaban J connectivity index is 2.82. The molecule has 0 unspecified atom stereocenters. The molecule has 0 aliphatic carbocycles. The van der Waals surface area contributed by atoms with E-state index in [1.807, 2.05) is 13.1 Å². The molecule has 0 saturated heterocycles. The van der Waals surface area contributed by atoms with E-state index in [0.717, 1.165) is 25.1 Å². The van der Waals surface area contributed by atoms with Crippen LogP contribution in [-0.4, -0.2) is 23.4 Å². The van der Waals surface area contributed by atoms with Gasteiger partial charge in [0, 0.05) is 12.6 Å². The van der Waals surface area contributed by atoms with E-state index in [1.54, 1.807) is 12.1 Å². The molecule has 1 rings (SSSR count). The van der Waals surface area contributed by atoms with Crippen LogP contribution in [0.1, 0.15) is 18.9 Å². The van der Waals surface area contributed by atoms with Gasteiger partial charge < -0.3 is 4.90 Å². The lowest BCUT2D eigenvalue weighted by Crippen LogP contribution is -2.18. The Kier molecular flexibility index (Phi) is 4.89. The zero-order chi connectivity index (χ0) is 12.1. The number of nitro benzene ring substituents is 1. The molecule has 0 N–H and O–H groups in total. The van der Waals surface area contributed by atoms with E-state index >= 15 is 0 Å². The van der Waals surface area contributed by atoms with Crippen LogP contribution in [-0.2, 0) is 6.54 Å². The van der Waals surface area contributed by atoms with Crippen LogP contribution < -0.4 is 0 Å². The summed E-state index contributed by atoms with van der Waals surface area (Å²) in [4.78, 5) is 12.5. The third-order valence-electron chi connectivity index (χ3n) is 2.27. The van der Waals surface area contributed by atoms with Crippen LogP contribution in [0.2, 0.25) is 0 Å². The summed E-state index contributed by atoms with van der Waals surface area (Å²) >= 11 is 3.17. The molecule has 1 aromatic rings. The lowest BCUT2D eigenvalue weighted by atomic mass is 10.2. The van der Waals surface area contributed by atoms with Crippen molar-refractivity contribution in [1.82, 2.24) is 4.90 Å². The summed E-state index contributed by atoms with van der Waals surface area (Å²) in [5, 5.41) is 10.7. The Bertz CT molecular complexity index is 382. The Morgan fingerprint density at radius 2 is 2.19 bits per heavy atom. The van der Waals surface area contributed by atoms with Crippen LogP contribution in [0.3, 0.4) is 0 Å². The molecular formula is C11H15BrN2O2. The SMILES string of the molecule is CCCN(C)Cc1ccc(Br)c([N+](=O)[O-])c1. The second-order valence-electron chi connectivity index (χ2n) is 3.78. The number of nitrogens with zero attached hydrogens (tertiary/aromatic N) is 2. The van der Waals surface area contributed by atoms with Gasteiger partial charge in [-0.2, -0.15) is 0 Å². The maximum atomic E-state index is 10.7. The normalized spacial score (nSPS) is 10.8. The van der Waals surface area contributed by atoms with Crippen LogP contribution in [0.15, 0.2) is 22.7 Å².